The van der Waals surface area contributed by atoms with Gasteiger partial charge in [-0.05, 0) is 50.1 Å². The fourth-order valence-corrected chi connectivity index (χ4v) is 2.14. The zero-order valence-electron chi connectivity index (χ0n) is 12.4. The lowest BCUT2D eigenvalue weighted by molar-refractivity contribution is 0.799. The highest BCUT2D eigenvalue weighted by Gasteiger charge is 2.12. The van der Waals surface area contributed by atoms with Crippen molar-refractivity contribution in [3.63, 3.8) is 0 Å². The summed E-state index contributed by atoms with van der Waals surface area (Å²) in [4.78, 5) is 18.8. The summed E-state index contributed by atoms with van der Waals surface area (Å²) in [6.45, 7) is 7.76. The molecule has 1 unspecified atom stereocenters. The molecule has 2 aromatic heterocycles. The Bertz CT molecular complexity index is 573. The molecule has 0 aromatic carbocycles. The summed E-state index contributed by atoms with van der Waals surface area (Å²) in [5.74, 6) is 1.06. The smallest absolute Gasteiger partial charge is 0.231 e. The van der Waals surface area contributed by atoms with Gasteiger partial charge in [-0.25, -0.2) is 0 Å². The topological polar surface area (TPSA) is 66.8 Å². The van der Waals surface area contributed by atoms with Gasteiger partial charge in [0.15, 0.2) is 0 Å². The number of rotatable bonds is 6. The van der Waals surface area contributed by atoms with Crippen LogP contribution in [0.25, 0.3) is 0 Å². The molecule has 0 aliphatic heterocycles. The lowest BCUT2D eigenvalue weighted by Crippen LogP contribution is -2.25. The van der Waals surface area contributed by atoms with E-state index in [0.717, 1.165) is 18.7 Å². The first-order valence-electron chi connectivity index (χ1n) is 6.97. The highest BCUT2D eigenvalue weighted by atomic mass is 35.5. The van der Waals surface area contributed by atoms with E-state index in [4.69, 9.17) is 11.6 Å². The molecular weight excluding hydrogens is 288 g/mol. The van der Waals surface area contributed by atoms with Crippen LogP contribution in [0, 0.1) is 0 Å². The molecule has 0 fully saturated rings. The Kier molecular flexibility index (Phi) is 5.27. The molecule has 112 valence electrons. The van der Waals surface area contributed by atoms with Crippen molar-refractivity contribution in [1.82, 2.24) is 19.9 Å². The van der Waals surface area contributed by atoms with E-state index in [1.807, 2.05) is 37.8 Å². The molecule has 2 rings (SSSR count). The highest BCUT2D eigenvalue weighted by molar-refractivity contribution is 6.28. The molecule has 0 aliphatic carbocycles. The van der Waals surface area contributed by atoms with E-state index < -0.39 is 0 Å². The van der Waals surface area contributed by atoms with Gasteiger partial charge in [-0.15, -0.1) is 0 Å². The minimum atomic E-state index is 0.0519. The van der Waals surface area contributed by atoms with Gasteiger partial charge in [-0.2, -0.15) is 15.0 Å². The van der Waals surface area contributed by atoms with Crippen molar-refractivity contribution >= 4 is 23.5 Å². The van der Waals surface area contributed by atoms with Crippen molar-refractivity contribution in [3.8, 4) is 0 Å². The predicted octanol–water partition coefficient (Wildman–Crippen LogP) is 2.94. The lowest BCUT2D eigenvalue weighted by Gasteiger charge is -2.20. The number of aromatic nitrogens is 4. The normalized spacial score (nSPS) is 12.0. The average molecular weight is 307 g/mol. The van der Waals surface area contributed by atoms with Crippen LogP contribution in [-0.4, -0.2) is 33.0 Å². The van der Waals surface area contributed by atoms with Gasteiger partial charge in [0.25, 0.3) is 0 Å². The van der Waals surface area contributed by atoms with Crippen molar-refractivity contribution in [2.75, 3.05) is 23.3 Å². The number of hydrogen-bond donors (Lipinski definition) is 1. The Morgan fingerprint density at radius 1 is 1.14 bits per heavy atom. The molecule has 0 aliphatic rings. The molecule has 0 radical (unpaired) electrons. The predicted molar refractivity (Wildman–Crippen MR) is 84.7 cm³/mol. The zero-order valence-corrected chi connectivity index (χ0v) is 13.2. The van der Waals surface area contributed by atoms with Crippen molar-refractivity contribution in [2.24, 2.45) is 0 Å². The Labute approximate surface area is 129 Å². The van der Waals surface area contributed by atoms with Gasteiger partial charge < -0.3 is 10.2 Å². The largest absolute Gasteiger partial charge is 0.348 e. The molecule has 6 nitrogen and oxygen atoms in total. The molecular formula is C14H19ClN6. The molecule has 2 heterocycles. The van der Waals surface area contributed by atoms with Gasteiger partial charge in [-0.3, -0.25) is 4.98 Å². The minimum Gasteiger partial charge on any atom is -0.348 e. The number of nitrogens with one attached hydrogen (secondary N) is 1. The average Bonchev–Trinajstić information content (AvgIpc) is 2.49. The maximum Gasteiger partial charge on any atom is 0.231 e. The van der Waals surface area contributed by atoms with E-state index in [-0.39, 0.29) is 11.3 Å². The van der Waals surface area contributed by atoms with Crippen LogP contribution in [0.5, 0.6) is 0 Å². The molecule has 1 N–H and O–H groups in total. The summed E-state index contributed by atoms with van der Waals surface area (Å²) in [6, 6.07) is 3.95. The van der Waals surface area contributed by atoms with Crippen LogP contribution in [0.3, 0.4) is 0 Å². The zero-order chi connectivity index (χ0) is 15.2. The summed E-state index contributed by atoms with van der Waals surface area (Å²) in [7, 11) is 0. The van der Waals surface area contributed by atoms with E-state index in [1.54, 1.807) is 12.4 Å². The standard InChI is InChI=1S/C14H19ClN6/c1-4-21(5-2)14-19-12(15)18-13(20-14)17-10(3)11-6-8-16-9-7-11/h6-10H,4-5H2,1-3H3,(H,17,18,19,20). The first-order chi connectivity index (χ1) is 10.1. The minimum absolute atomic E-state index is 0.0519. The van der Waals surface area contributed by atoms with E-state index in [9.17, 15) is 0 Å². The SMILES string of the molecule is CCN(CC)c1nc(Cl)nc(NC(C)c2ccncc2)n1. The van der Waals surface area contributed by atoms with Crippen LogP contribution in [0.15, 0.2) is 24.5 Å². The van der Waals surface area contributed by atoms with Crippen molar-refractivity contribution in [3.05, 3.63) is 35.4 Å². The third-order valence-corrected chi connectivity index (χ3v) is 3.36. The van der Waals surface area contributed by atoms with Crippen molar-refractivity contribution in [1.29, 1.82) is 0 Å². The Morgan fingerprint density at radius 3 is 2.43 bits per heavy atom. The van der Waals surface area contributed by atoms with Gasteiger partial charge in [-0.1, -0.05) is 0 Å². The van der Waals surface area contributed by atoms with Crippen LogP contribution >= 0.6 is 11.6 Å². The van der Waals surface area contributed by atoms with Crippen molar-refractivity contribution < 1.29 is 0 Å². The fraction of sp³-hybridized carbons (Fsp3) is 0.429. The second-order valence-corrected chi connectivity index (χ2v) is 4.88. The van der Waals surface area contributed by atoms with Crippen LogP contribution in [0.2, 0.25) is 5.28 Å². The van der Waals surface area contributed by atoms with Gasteiger partial charge in [0.2, 0.25) is 17.2 Å². The highest BCUT2D eigenvalue weighted by Crippen LogP contribution is 2.19. The van der Waals surface area contributed by atoms with Crippen LogP contribution in [-0.2, 0) is 0 Å². The van der Waals surface area contributed by atoms with Gasteiger partial charge in [0.1, 0.15) is 0 Å². The van der Waals surface area contributed by atoms with Crippen molar-refractivity contribution in [2.45, 2.75) is 26.8 Å². The molecule has 7 heteroatoms. The molecule has 0 saturated carbocycles. The summed E-state index contributed by atoms with van der Waals surface area (Å²) >= 11 is 6.00. The summed E-state index contributed by atoms with van der Waals surface area (Å²) in [5.41, 5.74) is 1.10. The molecule has 0 saturated heterocycles. The molecule has 0 amide bonds. The Balaban J connectivity index is 2.20. The van der Waals surface area contributed by atoms with E-state index >= 15 is 0 Å². The monoisotopic (exact) mass is 306 g/mol. The van der Waals surface area contributed by atoms with E-state index in [2.05, 4.69) is 25.3 Å². The maximum absolute atomic E-state index is 6.00. The van der Waals surface area contributed by atoms with Crippen LogP contribution in [0.4, 0.5) is 11.9 Å². The van der Waals surface area contributed by atoms with Gasteiger partial charge in [0, 0.05) is 25.5 Å². The second-order valence-electron chi connectivity index (χ2n) is 4.55. The number of nitrogens with zero attached hydrogens (tertiary/aromatic N) is 5. The molecule has 2 aromatic rings. The van der Waals surface area contributed by atoms with Gasteiger partial charge in [0.05, 0.1) is 6.04 Å². The molecule has 1 atom stereocenters. The number of halogens is 1. The fourth-order valence-electron chi connectivity index (χ4n) is 1.98. The molecule has 0 bridgehead atoms. The second kappa shape index (κ2) is 7.17. The van der Waals surface area contributed by atoms with Crippen LogP contribution in [0.1, 0.15) is 32.4 Å². The molecule has 0 spiro atoms. The Hall–Kier alpha value is -1.95. The Morgan fingerprint density at radius 2 is 1.81 bits per heavy atom. The van der Waals surface area contributed by atoms with E-state index in [1.165, 1.54) is 0 Å². The lowest BCUT2D eigenvalue weighted by atomic mass is 10.1. The number of pyridine rings is 1. The third-order valence-electron chi connectivity index (χ3n) is 3.19. The summed E-state index contributed by atoms with van der Waals surface area (Å²) < 4.78 is 0. The first-order valence-corrected chi connectivity index (χ1v) is 7.34. The van der Waals surface area contributed by atoms with Crippen LogP contribution < -0.4 is 10.2 Å². The third kappa shape index (κ3) is 4.01. The van der Waals surface area contributed by atoms with Gasteiger partial charge >= 0.3 is 0 Å². The quantitative estimate of drug-likeness (QED) is 0.885. The number of hydrogen-bond acceptors (Lipinski definition) is 6. The maximum atomic E-state index is 6.00. The summed E-state index contributed by atoms with van der Waals surface area (Å²) in [5, 5.41) is 3.43. The first kappa shape index (κ1) is 15.4. The van der Waals surface area contributed by atoms with E-state index in [0.29, 0.717) is 11.9 Å². The summed E-state index contributed by atoms with van der Waals surface area (Å²) in [6.07, 6.45) is 3.52. The molecule has 21 heavy (non-hydrogen) atoms. The number of anilines is 2.